The van der Waals surface area contributed by atoms with Gasteiger partial charge in [-0.15, -0.1) is 0 Å². The van der Waals surface area contributed by atoms with Crippen LogP contribution in [0.5, 0.6) is 0 Å². The fraction of sp³-hybridized carbons (Fsp3) is 0.158. The predicted molar refractivity (Wildman–Crippen MR) is 102 cm³/mol. The lowest BCUT2D eigenvalue weighted by atomic mass is 10.1. The van der Waals surface area contributed by atoms with Crippen molar-refractivity contribution >= 4 is 52.5 Å². The molecule has 4 nitrogen and oxygen atoms in total. The number of carbonyl (C=O) groups is 2. The molecule has 1 heterocycles. The van der Waals surface area contributed by atoms with Crippen LogP contribution in [0.15, 0.2) is 42.5 Å². The zero-order valence-electron chi connectivity index (χ0n) is 13.6. The van der Waals surface area contributed by atoms with E-state index >= 15 is 0 Å². The number of halogens is 2. The second kappa shape index (κ2) is 7.30. The van der Waals surface area contributed by atoms with Crippen molar-refractivity contribution in [2.45, 2.75) is 13.3 Å². The summed E-state index contributed by atoms with van der Waals surface area (Å²) >= 11 is 11.8. The Kier molecular flexibility index (Phi) is 5.11. The molecule has 0 atom stereocenters. The molecule has 1 aliphatic rings. The third kappa shape index (κ3) is 4.03. The summed E-state index contributed by atoms with van der Waals surface area (Å²) < 4.78 is 0. The molecule has 128 valence electrons. The molecule has 1 N–H and O–H groups in total. The van der Waals surface area contributed by atoms with Gasteiger partial charge in [0.15, 0.2) is 0 Å². The number of benzene rings is 2. The van der Waals surface area contributed by atoms with Crippen molar-refractivity contribution in [3.8, 4) is 0 Å². The highest BCUT2D eigenvalue weighted by molar-refractivity contribution is 6.42. The van der Waals surface area contributed by atoms with Gasteiger partial charge in [-0.2, -0.15) is 0 Å². The highest BCUT2D eigenvalue weighted by Crippen LogP contribution is 2.30. The number of hydrogen-bond donors (Lipinski definition) is 1. The molecule has 0 bridgehead atoms. The smallest absolute Gasteiger partial charge is 0.248 e. The topological polar surface area (TPSA) is 49.4 Å². The summed E-state index contributed by atoms with van der Waals surface area (Å²) in [7, 11) is 0. The van der Waals surface area contributed by atoms with E-state index in [1.807, 2.05) is 12.1 Å². The first-order chi connectivity index (χ1) is 11.9. The first kappa shape index (κ1) is 17.5. The number of nitrogens with one attached hydrogen (secondary N) is 1. The Morgan fingerprint density at radius 1 is 1.12 bits per heavy atom. The molecule has 0 unspecified atom stereocenters. The van der Waals surface area contributed by atoms with Gasteiger partial charge in [0.2, 0.25) is 11.8 Å². The Morgan fingerprint density at radius 3 is 2.64 bits per heavy atom. The highest BCUT2D eigenvalue weighted by atomic mass is 35.5. The summed E-state index contributed by atoms with van der Waals surface area (Å²) in [5.41, 5.74) is 3.46. The van der Waals surface area contributed by atoms with Crippen LogP contribution in [-0.2, 0) is 16.0 Å². The summed E-state index contributed by atoms with van der Waals surface area (Å²) in [5, 5.41) is 3.74. The van der Waals surface area contributed by atoms with E-state index in [-0.39, 0.29) is 11.8 Å². The van der Waals surface area contributed by atoms with Crippen molar-refractivity contribution in [1.29, 1.82) is 0 Å². The summed E-state index contributed by atoms with van der Waals surface area (Å²) in [6, 6.07) is 10.7. The summed E-state index contributed by atoms with van der Waals surface area (Å²) in [4.78, 5) is 25.4. The predicted octanol–water partition coefficient (Wildman–Crippen LogP) is 4.55. The molecule has 0 saturated heterocycles. The first-order valence-electron chi connectivity index (χ1n) is 7.79. The molecule has 2 aromatic rings. The minimum Gasteiger partial charge on any atom is -0.323 e. The van der Waals surface area contributed by atoms with Gasteiger partial charge in [-0.1, -0.05) is 29.3 Å². The Labute approximate surface area is 156 Å². The Morgan fingerprint density at radius 2 is 1.92 bits per heavy atom. The van der Waals surface area contributed by atoms with E-state index in [4.69, 9.17) is 23.2 Å². The molecular formula is C19H16Cl2N2O2. The highest BCUT2D eigenvalue weighted by Gasteiger charge is 2.22. The van der Waals surface area contributed by atoms with Crippen molar-refractivity contribution in [2.75, 3.05) is 16.8 Å². The van der Waals surface area contributed by atoms with Crippen LogP contribution in [0.2, 0.25) is 10.0 Å². The zero-order valence-corrected chi connectivity index (χ0v) is 15.1. The Bertz CT molecular complexity index is 878. The van der Waals surface area contributed by atoms with E-state index < -0.39 is 0 Å². The lowest BCUT2D eigenvalue weighted by Gasteiger charge is -2.14. The van der Waals surface area contributed by atoms with E-state index in [0.29, 0.717) is 22.3 Å². The lowest BCUT2D eigenvalue weighted by molar-refractivity contribution is -0.116. The van der Waals surface area contributed by atoms with Gasteiger partial charge in [-0.25, -0.2) is 0 Å². The first-order valence-corrected chi connectivity index (χ1v) is 8.55. The van der Waals surface area contributed by atoms with Crippen LogP contribution in [0, 0.1) is 0 Å². The average Bonchev–Trinajstić information content (AvgIpc) is 2.99. The van der Waals surface area contributed by atoms with Gasteiger partial charge in [-0.3, -0.25) is 9.59 Å². The van der Waals surface area contributed by atoms with Gasteiger partial charge < -0.3 is 10.2 Å². The average molecular weight is 375 g/mol. The maximum Gasteiger partial charge on any atom is 0.248 e. The van der Waals surface area contributed by atoms with Crippen LogP contribution in [0.3, 0.4) is 0 Å². The molecule has 25 heavy (non-hydrogen) atoms. The van der Waals surface area contributed by atoms with Crippen LogP contribution in [-0.4, -0.2) is 18.4 Å². The number of carbonyl (C=O) groups excluding carboxylic acids is 2. The van der Waals surface area contributed by atoms with E-state index in [2.05, 4.69) is 5.32 Å². The van der Waals surface area contributed by atoms with Gasteiger partial charge in [-0.05, 0) is 54.0 Å². The van der Waals surface area contributed by atoms with Gasteiger partial charge in [0.25, 0.3) is 0 Å². The fourth-order valence-corrected chi connectivity index (χ4v) is 3.09. The van der Waals surface area contributed by atoms with Crippen LogP contribution >= 0.6 is 23.2 Å². The number of anilines is 2. The molecule has 2 aromatic carbocycles. The van der Waals surface area contributed by atoms with E-state index in [1.54, 1.807) is 42.2 Å². The minimum atomic E-state index is -0.243. The van der Waals surface area contributed by atoms with Crippen LogP contribution in [0.25, 0.3) is 6.08 Å². The van der Waals surface area contributed by atoms with Crippen LogP contribution in [0.1, 0.15) is 18.1 Å². The molecular weight excluding hydrogens is 359 g/mol. The number of amides is 2. The van der Waals surface area contributed by atoms with Crippen molar-refractivity contribution in [3.63, 3.8) is 0 Å². The van der Waals surface area contributed by atoms with Gasteiger partial charge in [0, 0.05) is 30.9 Å². The summed E-state index contributed by atoms with van der Waals surface area (Å²) in [6.07, 6.45) is 3.90. The van der Waals surface area contributed by atoms with Gasteiger partial charge in [0.05, 0.1) is 10.0 Å². The molecule has 3 rings (SSSR count). The fourth-order valence-electron chi connectivity index (χ4n) is 2.78. The number of nitrogens with zero attached hydrogens (tertiary/aromatic N) is 1. The number of rotatable bonds is 3. The van der Waals surface area contributed by atoms with Crippen LogP contribution in [0.4, 0.5) is 11.4 Å². The van der Waals surface area contributed by atoms with Gasteiger partial charge >= 0.3 is 0 Å². The van der Waals surface area contributed by atoms with Crippen LogP contribution < -0.4 is 10.2 Å². The third-order valence-electron chi connectivity index (χ3n) is 3.99. The van der Waals surface area contributed by atoms with Crippen molar-refractivity contribution in [3.05, 3.63) is 63.6 Å². The molecule has 0 fully saturated rings. The second-order valence-corrected chi connectivity index (χ2v) is 6.57. The second-order valence-electron chi connectivity index (χ2n) is 5.76. The van der Waals surface area contributed by atoms with Crippen molar-refractivity contribution in [2.24, 2.45) is 0 Å². The largest absolute Gasteiger partial charge is 0.323 e. The summed E-state index contributed by atoms with van der Waals surface area (Å²) in [5.74, 6) is -0.215. The van der Waals surface area contributed by atoms with Crippen molar-refractivity contribution in [1.82, 2.24) is 0 Å². The maximum absolute atomic E-state index is 12.1. The quantitative estimate of drug-likeness (QED) is 0.800. The monoisotopic (exact) mass is 374 g/mol. The Balaban J connectivity index is 1.68. The van der Waals surface area contributed by atoms with Crippen molar-refractivity contribution < 1.29 is 9.59 Å². The molecule has 6 heteroatoms. The molecule has 0 aromatic heterocycles. The normalized spacial score (nSPS) is 13.2. The van der Waals surface area contributed by atoms with Gasteiger partial charge in [0.1, 0.15) is 0 Å². The number of fused-ring (bicyclic) bond motifs is 1. The minimum absolute atomic E-state index is 0.0279. The molecule has 0 spiro atoms. The number of hydrogen-bond acceptors (Lipinski definition) is 2. The van der Waals surface area contributed by atoms with E-state index in [9.17, 15) is 9.59 Å². The van der Waals surface area contributed by atoms with E-state index in [0.717, 1.165) is 23.2 Å². The molecule has 0 radical (unpaired) electrons. The summed E-state index contributed by atoms with van der Waals surface area (Å²) in [6.45, 7) is 2.23. The Hall–Kier alpha value is -2.30. The lowest BCUT2D eigenvalue weighted by Crippen LogP contribution is -2.25. The standard InChI is InChI=1S/C19H16Cl2N2O2/c1-12(24)23-9-8-14-11-15(4-6-18(14)23)22-19(25)7-3-13-2-5-16(20)17(21)10-13/h2-7,10-11H,8-9H2,1H3,(H,22,25)/b7-3-. The maximum atomic E-state index is 12.1. The molecule has 2 amide bonds. The molecule has 1 aliphatic heterocycles. The molecule has 0 aliphatic carbocycles. The van der Waals surface area contributed by atoms with E-state index in [1.165, 1.54) is 6.08 Å². The zero-order chi connectivity index (χ0) is 18.0. The third-order valence-corrected chi connectivity index (χ3v) is 4.73. The SMILES string of the molecule is CC(=O)N1CCc2cc(NC(=O)/C=C\c3ccc(Cl)c(Cl)c3)ccc21. The molecule has 0 saturated carbocycles.